The molecule has 386 valence electrons. The Hall–Kier alpha value is -7.72. The van der Waals surface area contributed by atoms with Crippen LogP contribution >= 0.6 is 0 Å². The summed E-state index contributed by atoms with van der Waals surface area (Å²) in [7, 11) is 0. The van der Waals surface area contributed by atoms with Gasteiger partial charge in [0.1, 0.15) is 48.3 Å². The zero-order valence-corrected chi connectivity index (χ0v) is 38.9. The molecule has 2 rings (SSSR count). The summed E-state index contributed by atoms with van der Waals surface area (Å²) in [5, 5.41) is 57.8. The monoisotopic (exact) mass is 990 g/mol. The molecule has 2 aromatic rings. The van der Waals surface area contributed by atoms with Crippen molar-refractivity contribution in [2.45, 2.75) is 127 Å². The molecule has 1 aromatic heterocycles. The maximum Gasteiger partial charge on any atom is 0.326 e. The van der Waals surface area contributed by atoms with Gasteiger partial charge >= 0.3 is 11.9 Å². The first kappa shape index (κ1) is 58.4. The summed E-state index contributed by atoms with van der Waals surface area (Å²) in [6, 6.07) is -7.92. The van der Waals surface area contributed by atoms with Crippen molar-refractivity contribution in [3.05, 3.63) is 36.0 Å². The largest absolute Gasteiger partial charge is 0.481 e. The van der Waals surface area contributed by atoms with Crippen molar-refractivity contribution in [3.8, 4) is 0 Å². The number of nitrogens with two attached hydrogens (primary N) is 3. The molecule has 0 aliphatic rings. The molecule has 70 heavy (non-hydrogen) atoms. The van der Waals surface area contributed by atoms with E-state index in [1.54, 1.807) is 24.3 Å². The number of aromatic nitrogens is 1. The molecule has 0 spiro atoms. The first-order valence-corrected chi connectivity index (χ1v) is 21.7. The molecule has 19 N–H and O–H groups in total. The van der Waals surface area contributed by atoms with E-state index in [-0.39, 0.29) is 19.3 Å². The van der Waals surface area contributed by atoms with Gasteiger partial charge in [0.2, 0.25) is 59.1 Å². The Labute approximate surface area is 399 Å². The summed E-state index contributed by atoms with van der Waals surface area (Å²) in [5.74, 6) is -14.6. The molecule has 1 heterocycles. The highest BCUT2D eigenvalue weighted by atomic mass is 16.4. The van der Waals surface area contributed by atoms with E-state index in [1.165, 1.54) is 33.9 Å². The van der Waals surface area contributed by atoms with Crippen LogP contribution in [0.25, 0.3) is 10.9 Å². The number of primary amides is 2. The fraction of sp³-hybridized carbons (Fsp3) is 0.524. The van der Waals surface area contributed by atoms with Gasteiger partial charge in [-0.2, -0.15) is 0 Å². The van der Waals surface area contributed by atoms with Crippen molar-refractivity contribution < 1.29 is 78.0 Å². The van der Waals surface area contributed by atoms with Gasteiger partial charge in [0, 0.05) is 29.9 Å². The van der Waals surface area contributed by atoms with Crippen LogP contribution in [-0.2, 0) is 64.0 Å². The van der Waals surface area contributed by atoms with Gasteiger partial charge in [0.25, 0.3) is 0 Å². The number of aliphatic carboxylic acids is 2. The van der Waals surface area contributed by atoms with Crippen molar-refractivity contribution in [3.63, 3.8) is 0 Å². The van der Waals surface area contributed by atoms with Crippen LogP contribution in [0, 0.1) is 5.92 Å². The Morgan fingerprint density at radius 3 is 1.59 bits per heavy atom. The molecule has 10 atom stereocenters. The minimum Gasteiger partial charge on any atom is -0.481 e. The number of carbonyl (C=O) groups is 12. The lowest BCUT2D eigenvalue weighted by molar-refractivity contribution is -0.143. The fourth-order valence-corrected chi connectivity index (χ4v) is 6.47. The maximum atomic E-state index is 14.0. The van der Waals surface area contributed by atoms with Gasteiger partial charge in [-0.15, -0.1) is 0 Å². The van der Waals surface area contributed by atoms with Gasteiger partial charge in [-0.3, -0.25) is 52.7 Å². The first-order chi connectivity index (χ1) is 32.7. The van der Waals surface area contributed by atoms with Crippen LogP contribution in [0.1, 0.15) is 65.9 Å². The van der Waals surface area contributed by atoms with Crippen molar-refractivity contribution in [1.82, 2.24) is 47.5 Å². The molecule has 0 saturated heterocycles. The molecular formula is C42H62N12O16. The number of aliphatic hydroxyl groups is 2. The van der Waals surface area contributed by atoms with E-state index in [2.05, 4.69) is 42.2 Å². The summed E-state index contributed by atoms with van der Waals surface area (Å²) in [5.41, 5.74) is 17.3. The molecule has 28 nitrogen and oxygen atoms in total. The number of aliphatic hydroxyl groups excluding tert-OH is 2. The third-order valence-electron chi connectivity index (χ3n) is 10.4. The van der Waals surface area contributed by atoms with Gasteiger partial charge in [-0.05, 0) is 44.7 Å². The molecule has 0 radical (unpaired) electrons. The molecule has 0 bridgehead atoms. The number of hydrogen-bond donors (Lipinski definition) is 16. The second-order valence-electron chi connectivity index (χ2n) is 16.6. The van der Waals surface area contributed by atoms with Crippen LogP contribution < -0.4 is 59.7 Å². The molecular weight excluding hydrogens is 929 g/mol. The quantitative estimate of drug-likeness (QED) is 0.0360. The zero-order chi connectivity index (χ0) is 53.2. The van der Waals surface area contributed by atoms with Crippen LogP contribution in [0.5, 0.6) is 0 Å². The highest BCUT2D eigenvalue weighted by Crippen LogP contribution is 2.19. The molecule has 0 fully saturated rings. The average molecular weight is 991 g/mol. The number of nitrogens with one attached hydrogen (secondary N) is 9. The SMILES string of the molecule is CC(C)[C@H](NC(=O)[C@H](C)NC(=O)[C@@H](NC(=O)[C@H](CO)NC(=O)[C@H](CC(N)=O)NC(=O)[C@H](CC(=O)O)NC(=O)[C@H](Cc1c[nH]c2ccccc12)NC(=O)[C@H](C)NC(=O)[C@@H](N)CCC(N)=O)[C@@H](C)O)C(=O)O. The Bertz CT molecular complexity index is 2270. The van der Waals surface area contributed by atoms with E-state index in [4.69, 9.17) is 17.2 Å². The molecule has 0 aliphatic carbocycles. The minimum absolute atomic E-state index is 0.138. The van der Waals surface area contributed by atoms with E-state index in [1.807, 2.05) is 5.32 Å². The smallest absolute Gasteiger partial charge is 0.326 e. The van der Waals surface area contributed by atoms with Crippen molar-refractivity contribution >= 4 is 81.9 Å². The normalized spacial score (nSPS) is 15.4. The summed E-state index contributed by atoms with van der Waals surface area (Å²) >= 11 is 0. The van der Waals surface area contributed by atoms with E-state index < -0.39 is 157 Å². The number of carboxylic acid groups (broad SMARTS) is 2. The van der Waals surface area contributed by atoms with Crippen molar-refractivity contribution in [1.29, 1.82) is 0 Å². The third kappa shape index (κ3) is 18.4. The zero-order valence-electron chi connectivity index (χ0n) is 38.9. The number of para-hydroxylation sites is 1. The van der Waals surface area contributed by atoms with Crippen LogP contribution in [0.15, 0.2) is 30.5 Å². The highest BCUT2D eigenvalue weighted by Gasteiger charge is 2.36. The lowest BCUT2D eigenvalue weighted by Crippen LogP contribution is -2.62. The van der Waals surface area contributed by atoms with Gasteiger partial charge in [-0.1, -0.05) is 32.0 Å². The Morgan fingerprint density at radius 2 is 1.07 bits per heavy atom. The molecule has 10 amide bonds. The number of carboxylic acids is 2. The highest BCUT2D eigenvalue weighted by molar-refractivity contribution is 6.00. The van der Waals surface area contributed by atoms with Gasteiger partial charge in [-0.25, -0.2) is 4.79 Å². The topological polar surface area (TPSA) is 476 Å². The Kier molecular flexibility index (Phi) is 22.8. The van der Waals surface area contributed by atoms with Crippen molar-refractivity contribution in [2.24, 2.45) is 23.1 Å². The molecule has 0 unspecified atom stereocenters. The molecule has 0 aliphatic heterocycles. The van der Waals surface area contributed by atoms with Crippen LogP contribution in [0.2, 0.25) is 0 Å². The lowest BCUT2D eigenvalue weighted by Gasteiger charge is -2.27. The fourth-order valence-electron chi connectivity index (χ4n) is 6.47. The second-order valence-corrected chi connectivity index (χ2v) is 16.6. The van der Waals surface area contributed by atoms with E-state index in [0.717, 1.165) is 6.92 Å². The number of aromatic amines is 1. The van der Waals surface area contributed by atoms with Crippen LogP contribution in [0.3, 0.4) is 0 Å². The standard InChI is InChI=1S/C42H62N12O16/c1-17(2)32(42(69)70)53-35(62)19(4)48-41(68)33(20(5)56)54-40(67)28(16-55)52-38(65)26(13-30(45)58)50-39(66)27(14-31(59)60)51-37(64)25(12-21-15-46-24-9-7-6-8-22(21)24)49-34(61)18(3)47-36(63)23(43)10-11-29(44)57/h6-9,15,17-20,23,25-28,32-33,46,55-56H,10-14,16,43H2,1-5H3,(H2,44,57)(H2,45,58)(H,47,63)(H,48,68)(H,49,61)(H,50,66)(H,51,64)(H,52,65)(H,53,62)(H,54,67)(H,59,60)(H,69,70)/t18-,19-,20+,23-,25-,26-,27-,28-,32-,33-/m0/s1. The summed E-state index contributed by atoms with van der Waals surface area (Å²) in [6.45, 7) is 5.37. The summed E-state index contributed by atoms with van der Waals surface area (Å²) in [6.07, 6.45) is -2.94. The maximum absolute atomic E-state index is 14.0. The number of amides is 10. The lowest BCUT2D eigenvalue weighted by atomic mass is 10.0. The number of H-pyrrole nitrogens is 1. The van der Waals surface area contributed by atoms with Gasteiger partial charge in [0.05, 0.1) is 31.6 Å². The van der Waals surface area contributed by atoms with E-state index in [9.17, 15) is 78.0 Å². The summed E-state index contributed by atoms with van der Waals surface area (Å²) in [4.78, 5) is 156. The molecule has 0 saturated carbocycles. The number of hydrogen-bond acceptors (Lipinski definition) is 15. The van der Waals surface area contributed by atoms with E-state index in [0.29, 0.717) is 16.5 Å². The Balaban J connectivity index is 2.32. The van der Waals surface area contributed by atoms with Gasteiger partial charge < -0.3 is 85.1 Å². The van der Waals surface area contributed by atoms with Crippen LogP contribution in [0.4, 0.5) is 0 Å². The number of carbonyl (C=O) groups excluding carboxylic acids is 10. The van der Waals surface area contributed by atoms with Gasteiger partial charge in [0.15, 0.2) is 0 Å². The Morgan fingerprint density at radius 1 is 0.586 bits per heavy atom. The number of benzene rings is 1. The van der Waals surface area contributed by atoms with Crippen molar-refractivity contribution in [2.75, 3.05) is 6.61 Å². The van der Waals surface area contributed by atoms with E-state index >= 15 is 0 Å². The second kappa shape index (κ2) is 27.3. The summed E-state index contributed by atoms with van der Waals surface area (Å²) < 4.78 is 0. The number of rotatable bonds is 29. The predicted molar refractivity (Wildman–Crippen MR) is 243 cm³/mol. The molecule has 1 aromatic carbocycles. The predicted octanol–water partition coefficient (Wildman–Crippen LogP) is -6.31. The first-order valence-electron chi connectivity index (χ1n) is 21.7. The average Bonchev–Trinajstić information content (AvgIpc) is 3.68. The third-order valence-corrected chi connectivity index (χ3v) is 10.4. The van der Waals surface area contributed by atoms with Crippen LogP contribution in [-0.4, -0.2) is 164 Å². The molecule has 28 heteroatoms. The number of fused-ring (bicyclic) bond motifs is 1. The minimum atomic E-state index is -2.04.